The zero-order valence-electron chi connectivity index (χ0n) is 27.2. The summed E-state index contributed by atoms with van der Waals surface area (Å²) in [5, 5.41) is 10.3. The Labute approximate surface area is 252 Å². The number of rotatable bonds is 12. The van der Waals surface area contributed by atoms with Crippen LogP contribution in [0.4, 0.5) is 4.79 Å². The van der Waals surface area contributed by atoms with E-state index in [9.17, 15) is 28.8 Å². The van der Waals surface area contributed by atoms with Gasteiger partial charge in [0, 0.05) is 19.0 Å². The molecule has 1 saturated heterocycles. The van der Waals surface area contributed by atoms with Gasteiger partial charge in [-0.1, -0.05) is 74.8 Å². The van der Waals surface area contributed by atoms with Crippen LogP contribution in [-0.4, -0.2) is 78.0 Å². The molecule has 2 unspecified atom stereocenters. The highest BCUT2D eigenvalue weighted by molar-refractivity contribution is 6.37. The quantitative estimate of drug-likeness (QED) is 0.201. The molecule has 42 heavy (non-hydrogen) atoms. The molecule has 0 radical (unpaired) electrons. The molecule has 2 fully saturated rings. The van der Waals surface area contributed by atoms with Crippen molar-refractivity contribution < 1.29 is 28.8 Å². The van der Waals surface area contributed by atoms with Crippen LogP contribution in [0.1, 0.15) is 94.4 Å². The van der Waals surface area contributed by atoms with Crippen LogP contribution in [-0.2, 0) is 24.0 Å². The Morgan fingerprint density at radius 1 is 0.952 bits per heavy atom. The highest BCUT2D eigenvalue weighted by Gasteiger charge is 2.43. The summed E-state index contributed by atoms with van der Waals surface area (Å²) in [6.45, 7) is 20.8. The van der Waals surface area contributed by atoms with Crippen LogP contribution in [0.5, 0.6) is 0 Å². The molecule has 1 aliphatic heterocycles. The SMILES string of the molecule is C=CCNC(=O)C(=O)CNC(=O)[C@@H]1CCCN1C(=O)C(NC(=O)NC(C(=O)C1CC1)C(C)C)C(C)(C)C.CC.CCC. The average Bonchev–Trinajstić information content (AvgIpc) is 3.67. The maximum absolute atomic E-state index is 13.6. The Bertz CT molecular complexity index is 939. The van der Waals surface area contributed by atoms with Gasteiger partial charge in [-0.05, 0) is 37.0 Å². The molecule has 0 aromatic heterocycles. The van der Waals surface area contributed by atoms with Gasteiger partial charge in [0.05, 0.1) is 12.6 Å². The number of likely N-dealkylation sites (tertiary alicyclic amines) is 1. The van der Waals surface area contributed by atoms with Gasteiger partial charge in [0.15, 0.2) is 5.78 Å². The number of urea groups is 1. The minimum atomic E-state index is -0.962. The summed E-state index contributed by atoms with van der Waals surface area (Å²) in [5.74, 6) is -2.72. The van der Waals surface area contributed by atoms with Crippen LogP contribution in [0.15, 0.2) is 12.7 Å². The maximum atomic E-state index is 13.6. The normalized spacial score (nSPS) is 17.3. The molecule has 11 heteroatoms. The predicted octanol–water partition coefficient (Wildman–Crippen LogP) is 3.13. The van der Waals surface area contributed by atoms with Crippen LogP contribution >= 0.6 is 0 Å². The number of ketones is 2. The molecule has 4 N–H and O–H groups in total. The Balaban J connectivity index is 0.00000315. The van der Waals surface area contributed by atoms with E-state index in [-0.39, 0.29) is 24.2 Å². The van der Waals surface area contributed by atoms with Crippen LogP contribution in [0.25, 0.3) is 0 Å². The molecule has 0 aromatic rings. The van der Waals surface area contributed by atoms with Crippen molar-refractivity contribution in [2.45, 2.75) is 113 Å². The minimum absolute atomic E-state index is 0.00721. The molecule has 3 atom stereocenters. The predicted molar refractivity (Wildman–Crippen MR) is 165 cm³/mol. The van der Waals surface area contributed by atoms with E-state index in [2.05, 4.69) is 41.7 Å². The molecule has 2 aliphatic rings. The van der Waals surface area contributed by atoms with E-state index in [0.29, 0.717) is 19.4 Å². The van der Waals surface area contributed by atoms with Gasteiger partial charge < -0.3 is 26.2 Å². The standard InChI is InChI=1S/C26H41N5O6.C3H8.C2H6/c1-7-12-27-23(35)18(32)14-28-22(34)17-9-8-13-31(17)24(36)21(26(4,5)6)30-25(37)29-19(15(2)3)20(33)16-10-11-16;1-3-2;1-2/h7,15-17,19,21H,1,8-14H2,2-6H3,(H,27,35)(H,28,34)(H2,29,30,37);3H2,1-2H3;1-2H3/t17-,19?,21?;;/m0../s1. The van der Waals surface area contributed by atoms with Crippen LogP contribution in [0, 0.1) is 17.3 Å². The smallest absolute Gasteiger partial charge is 0.316 e. The fraction of sp³-hybridized carbons (Fsp3) is 0.742. The first-order valence-electron chi connectivity index (χ1n) is 15.3. The van der Waals surface area contributed by atoms with Gasteiger partial charge in [0.25, 0.3) is 5.91 Å². The lowest BCUT2D eigenvalue weighted by atomic mass is 9.85. The first-order chi connectivity index (χ1) is 19.7. The molecule has 240 valence electrons. The molecule has 0 bridgehead atoms. The molecular weight excluding hydrogens is 538 g/mol. The van der Waals surface area contributed by atoms with Crippen molar-refractivity contribution in [3.05, 3.63) is 12.7 Å². The first-order valence-corrected chi connectivity index (χ1v) is 15.3. The van der Waals surface area contributed by atoms with E-state index in [4.69, 9.17) is 0 Å². The van der Waals surface area contributed by atoms with Gasteiger partial charge in [0.1, 0.15) is 12.1 Å². The number of carbonyl (C=O) groups is 6. The number of hydrogen-bond donors (Lipinski definition) is 4. The zero-order chi connectivity index (χ0) is 32.6. The Morgan fingerprint density at radius 2 is 1.52 bits per heavy atom. The fourth-order valence-corrected chi connectivity index (χ4v) is 4.25. The molecule has 1 saturated carbocycles. The summed E-state index contributed by atoms with van der Waals surface area (Å²) in [6.07, 6.45) is 5.31. The van der Waals surface area contributed by atoms with Crippen molar-refractivity contribution in [1.82, 2.24) is 26.2 Å². The second-order valence-corrected chi connectivity index (χ2v) is 11.9. The lowest BCUT2D eigenvalue weighted by molar-refractivity contribution is -0.142. The van der Waals surface area contributed by atoms with Gasteiger partial charge >= 0.3 is 6.03 Å². The van der Waals surface area contributed by atoms with E-state index in [1.807, 2.05) is 27.7 Å². The maximum Gasteiger partial charge on any atom is 0.316 e. The van der Waals surface area contributed by atoms with Gasteiger partial charge in [-0.2, -0.15) is 0 Å². The van der Waals surface area contributed by atoms with Crippen molar-refractivity contribution in [2.75, 3.05) is 19.6 Å². The highest BCUT2D eigenvalue weighted by atomic mass is 16.2. The third kappa shape index (κ3) is 12.7. The Hall–Kier alpha value is -3.24. The summed E-state index contributed by atoms with van der Waals surface area (Å²) in [4.78, 5) is 77.0. The number of hydrogen-bond acceptors (Lipinski definition) is 6. The number of nitrogens with one attached hydrogen (secondary N) is 4. The van der Waals surface area contributed by atoms with Gasteiger partial charge in [-0.15, -0.1) is 6.58 Å². The summed E-state index contributed by atoms with van der Waals surface area (Å²) in [5.41, 5.74) is -0.689. The summed E-state index contributed by atoms with van der Waals surface area (Å²) >= 11 is 0. The number of Topliss-reactive ketones (excluding diaryl/α,β-unsaturated/α-hetero) is 2. The lowest BCUT2D eigenvalue weighted by Crippen LogP contribution is -2.60. The minimum Gasteiger partial charge on any atom is -0.347 e. The zero-order valence-corrected chi connectivity index (χ0v) is 27.2. The summed E-state index contributed by atoms with van der Waals surface area (Å²) in [6, 6.07) is -3.05. The second kappa shape index (κ2) is 19.0. The Kier molecular flexibility index (Phi) is 17.6. The van der Waals surface area contributed by atoms with E-state index in [0.717, 1.165) is 12.8 Å². The van der Waals surface area contributed by atoms with Crippen molar-refractivity contribution in [1.29, 1.82) is 0 Å². The Morgan fingerprint density at radius 3 is 2.00 bits per heavy atom. The molecule has 1 aliphatic carbocycles. The third-order valence-electron chi connectivity index (χ3n) is 6.55. The van der Waals surface area contributed by atoms with Gasteiger partial charge in [-0.25, -0.2) is 4.79 Å². The third-order valence-corrected chi connectivity index (χ3v) is 6.55. The summed E-state index contributed by atoms with van der Waals surface area (Å²) in [7, 11) is 0. The first kappa shape index (κ1) is 38.8. The van der Waals surface area contributed by atoms with Crippen LogP contribution in [0.3, 0.4) is 0 Å². The molecule has 1 heterocycles. The summed E-state index contributed by atoms with van der Waals surface area (Å²) < 4.78 is 0. The van der Waals surface area contributed by atoms with E-state index >= 15 is 0 Å². The van der Waals surface area contributed by atoms with Crippen molar-refractivity contribution in [3.63, 3.8) is 0 Å². The van der Waals surface area contributed by atoms with Crippen molar-refractivity contribution >= 4 is 35.3 Å². The lowest BCUT2D eigenvalue weighted by Gasteiger charge is -2.35. The van der Waals surface area contributed by atoms with Gasteiger partial charge in [0.2, 0.25) is 17.6 Å². The van der Waals surface area contributed by atoms with Crippen molar-refractivity contribution in [2.24, 2.45) is 17.3 Å². The van der Waals surface area contributed by atoms with Crippen LogP contribution in [0.2, 0.25) is 0 Å². The second-order valence-electron chi connectivity index (χ2n) is 11.9. The van der Waals surface area contributed by atoms with E-state index in [1.165, 1.54) is 17.4 Å². The highest BCUT2D eigenvalue weighted by Crippen LogP contribution is 2.32. The largest absolute Gasteiger partial charge is 0.347 e. The molecule has 0 aromatic carbocycles. The monoisotopic (exact) mass is 593 g/mol. The van der Waals surface area contributed by atoms with Gasteiger partial charge in [-0.3, -0.25) is 24.0 Å². The fourth-order valence-electron chi connectivity index (χ4n) is 4.25. The average molecular weight is 594 g/mol. The molecule has 5 amide bonds. The molecule has 0 spiro atoms. The van der Waals surface area contributed by atoms with E-state index < -0.39 is 59.6 Å². The molecular formula is C31H55N5O6. The molecule has 11 nitrogen and oxygen atoms in total. The van der Waals surface area contributed by atoms with Crippen LogP contribution < -0.4 is 21.3 Å². The number of carbonyl (C=O) groups excluding carboxylic acids is 6. The molecule has 2 rings (SSSR count). The van der Waals surface area contributed by atoms with Crippen molar-refractivity contribution in [3.8, 4) is 0 Å². The van der Waals surface area contributed by atoms with E-state index in [1.54, 1.807) is 20.8 Å². The number of amides is 5. The number of nitrogens with zero attached hydrogens (tertiary/aromatic N) is 1. The topological polar surface area (TPSA) is 154 Å².